The molecule has 2 N–H and O–H groups in total. The normalized spacial score (nSPS) is 25.1. The molecule has 2 saturated heterocycles. The number of aliphatic hydroxyl groups excluding tert-OH is 2. The van der Waals surface area contributed by atoms with Gasteiger partial charge in [-0.2, -0.15) is 8.61 Å². The van der Waals surface area contributed by atoms with Crippen molar-refractivity contribution in [1.82, 2.24) is 17.7 Å². The van der Waals surface area contributed by atoms with Crippen molar-refractivity contribution >= 4 is 44.1 Å². The monoisotopic (exact) mass is 916 g/mol. The topological polar surface area (TPSA) is 212 Å². The molecular formula is C46H52N4O12S2. The van der Waals surface area contributed by atoms with Crippen molar-refractivity contribution in [2.75, 3.05) is 27.4 Å². The summed E-state index contributed by atoms with van der Waals surface area (Å²) in [6.07, 6.45) is 6.89. The smallest absolute Gasteiger partial charge is 0.311 e. The molecule has 2 aromatic carbocycles. The SMILES string of the molecule is C/C=C/c1ccc2n(c1=O)C[C@@H]1[C@@H](CO)[C@H](C(=O)OC)[C@H]2N1S(=O)(=O)c1cccc(C)c1.C/C=C\c1ccc2n(c1=O)C[C@@H]1[C@@H](CO)[C@H](C(=O)OC)[C@H]2N1S(=O)(=O)c1cccc(C)c1. The summed E-state index contributed by atoms with van der Waals surface area (Å²) < 4.78 is 70.8. The van der Waals surface area contributed by atoms with Gasteiger partial charge >= 0.3 is 11.9 Å². The van der Waals surface area contributed by atoms with E-state index in [0.717, 1.165) is 11.1 Å². The number of rotatable bonds is 10. The minimum atomic E-state index is -4.03. The van der Waals surface area contributed by atoms with Gasteiger partial charge in [-0.05, 0) is 87.4 Å². The average molecular weight is 917 g/mol. The van der Waals surface area contributed by atoms with Gasteiger partial charge in [0, 0.05) is 72.7 Å². The fourth-order valence-corrected chi connectivity index (χ4v) is 13.9. The van der Waals surface area contributed by atoms with Crippen LogP contribution in [0.2, 0.25) is 0 Å². The molecule has 4 aliphatic rings. The molecule has 18 heteroatoms. The first kappa shape index (κ1) is 46.5. The number of sulfonamides is 2. The Hall–Kier alpha value is -5.50. The molecule has 0 radical (unpaired) electrons. The zero-order valence-corrected chi connectivity index (χ0v) is 37.9. The molecule has 8 rings (SSSR count). The van der Waals surface area contributed by atoms with Crippen LogP contribution in [0, 0.1) is 37.5 Å². The maximum absolute atomic E-state index is 13.8. The van der Waals surface area contributed by atoms with Gasteiger partial charge in [-0.15, -0.1) is 0 Å². The highest BCUT2D eigenvalue weighted by molar-refractivity contribution is 7.89. The van der Waals surface area contributed by atoms with Gasteiger partial charge in [-0.3, -0.25) is 19.2 Å². The van der Waals surface area contributed by atoms with E-state index in [0.29, 0.717) is 22.5 Å². The summed E-state index contributed by atoms with van der Waals surface area (Å²) >= 11 is 0. The Morgan fingerprint density at radius 1 is 0.641 bits per heavy atom. The van der Waals surface area contributed by atoms with Crippen molar-refractivity contribution < 1.29 is 46.1 Å². The number of aryl methyl sites for hydroxylation is 2. The number of fused-ring (bicyclic) bond motifs is 8. The number of aliphatic hydroxyl groups is 2. The van der Waals surface area contributed by atoms with Crippen LogP contribution in [0.5, 0.6) is 0 Å². The average Bonchev–Trinajstić information content (AvgIpc) is 3.69. The summed E-state index contributed by atoms with van der Waals surface area (Å²) in [5.41, 5.74) is 2.83. The van der Waals surface area contributed by atoms with Crippen LogP contribution in [-0.2, 0) is 52.2 Å². The quantitative estimate of drug-likeness (QED) is 0.219. The van der Waals surface area contributed by atoms with E-state index in [1.54, 1.807) is 113 Å². The van der Waals surface area contributed by atoms with Crippen molar-refractivity contribution in [2.24, 2.45) is 23.7 Å². The highest BCUT2D eigenvalue weighted by atomic mass is 32.2. The second kappa shape index (κ2) is 18.2. The lowest BCUT2D eigenvalue weighted by Crippen LogP contribution is -2.49. The van der Waals surface area contributed by atoms with E-state index in [-0.39, 0.29) is 34.0 Å². The molecule has 2 aromatic heterocycles. The van der Waals surface area contributed by atoms with Gasteiger partial charge in [0.25, 0.3) is 11.1 Å². The second-order valence-electron chi connectivity index (χ2n) is 16.4. The Labute approximate surface area is 371 Å². The van der Waals surface area contributed by atoms with E-state index < -0.39 is 93.0 Å². The molecule has 0 aliphatic carbocycles. The number of hydrogen-bond acceptors (Lipinski definition) is 12. The third-order valence-electron chi connectivity index (χ3n) is 12.8. The van der Waals surface area contributed by atoms with Crippen LogP contribution < -0.4 is 11.1 Å². The molecule has 0 unspecified atom stereocenters. The zero-order valence-electron chi connectivity index (χ0n) is 36.3. The summed E-state index contributed by atoms with van der Waals surface area (Å²) in [7, 11) is -5.58. The summed E-state index contributed by atoms with van der Waals surface area (Å²) in [6.45, 7) is 6.47. The van der Waals surface area contributed by atoms with E-state index in [1.165, 1.54) is 44.1 Å². The number of nitrogens with zero attached hydrogens (tertiary/aromatic N) is 4. The first-order valence-corrected chi connectivity index (χ1v) is 23.7. The van der Waals surface area contributed by atoms with Gasteiger partial charge < -0.3 is 28.8 Å². The Bertz CT molecular complexity index is 2690. The van der Waals surface area contributed by atoms with Crippen molar-refractivity contribution in [2.45, 2.75) is 74.7 Å². The van der Waals surface area contributed by atoms with Crippen molar-refractivity contribution in [3.63, 3.8) is 0 Å². The predicted octanol–water partition coefficient (Wildman–Crippen LogP) is 3.43. The van der Waals surface area contributed by atoms with Crippen LogP contribution in [0.25, 0.3) is 12.2 Å². The van der Waals surface area contributed by atoms with E-state index in [9.17, 15) is 46.2 Å². The van der Waals surface area contributed by atoms with E-state index >= 15 is 0 Å². The molecule has 0 amide bonds. The largest absolute Gasteiger partial charge is 0.469 e. The Morgan fingerprint density at radius 2 is 1.02 bits per heavy atom. The Balaban J connectivity index is 0.000000191. The van der Waals surface area contributed by atoms with Crippen LogP contribution >= 0.6 is 0 Å². The first-order chi connectivity index (χ1) is 30.5. The van der Waals surface area contributed by atoms with Gasteiger partial charge in [0.1, 0.15) is 0 Å². The lowest BCUT2D eigenvalue weighted by molar-refractivity contribution is -0.148. The highest BCUT2D eigenvalue weighted by Crippen LogP contribution is 2.52. The molecule has 2 fully saturated rings. The zero-order chi connectivity index (χ0) is 46.4. The molecule has 4 aliphatic heterocycles. The molecule has 0 spiro atoms. The molecule has 340 valence electrons. The molecule has 16 nitrogen and oxygen atoms in total. The van der Waals surface area contributed by atoms with Crippen LogP contribution in [0.15, 0.2) is 104 Å². The lowest BCUT2D eigenvalue weighted by atomic mass is 9.87. The number of carbonyl (C=O) groups excluding carboxylic acids is 2. The van der Waals surface area contributed by atoms with Crippen LogP contribution in [0.3, 0.4) is 0 Å². The fraction of sp³-hybridized carbons (Fsp3) is 0.391. The second-order valence-corrected chi connectivity index (χ2v) is 20.1. The minimum Gasteiger partial charge on any atom is -0.469 e. The van der Waals surface area contributed by atoms with Crippen LogP contribution in [-0.4, -0.2) is 96.2 Å². The number of aromatic nitrogens is 2. The van der Waals surface area contributed by atoms with E-state index in [1.807, 2.05) is 0 Å². The summed E-state index contributed by atoms with van der Waals surface area (Å²) in [5.74, 6) is -4.52. The van der Waals surface area contributed by atoms with Gasteiger partial charge in [0.05, 0.1) is 47.9 Å². The Kier molecular flexibility index (Phi) is 13.2. The number of hydrogen-bond donors (Lipinski definition) is 2. The maximum atomic E-state index is 13.8. The highest BCUT2D eigenvalue weighted by Gasteiger charge is 2.62. The molecule has 64 heavy (non-hydrogen) atoms. The van der Waals surface area contributed by atoms with Gasteiger partial charge in [-0.1, -0.05) is 48.6 Å². The molecular weight excluding hydrogens is 865 g/mol. The molecule has 4 aromatic rings. The molecule has 6 heterocycles. The molecule has 0 saturated carbocycles. The lowest BCUT2D eigenvalue weighted by Gasteiger charge is -2.37. The van der Waals surface area contributed by atoms with Crippen molar-refractivity contribution in [3.8, 4) is 0 Å². The molecule has 4 bridgehead atoms. The predicted molar refractivity (Wildman–Crippen MR) is 236 cm³/mol. The number of pyridine rings is 2. The summed E-state index contributed by atoms with van der Waals surface area (Å²) in [5, 5.41) is 20.4. The maximum Gasteiger partial charge on any atom is 0.311 e. The van der Waals surface area contributed by atoms with Crippen molar-refractivity contribution in [3.05, 3.63) is 139 Å². The standard InChI is InChI=1S/2C23H26N2O6S/c2*1-4-6-15-9-10-18-21-20(23(28)31-3)17(13-26)19(12-24(18)22(15)27)25(21)32(29,30)16-8-5-7-14(2)11-16/h2*4-11,17,19-21,26H,12-13H2,1-3H3/b6-4+;6-4-/t2*17-,19-,20+,21+/m11/s1. The third kappa shape index (κ3) is 7.68. The van der Waals surface area contributed by atoms with Crippen molar-refractivity contribution in [1.29, 1.82) is 0 Å². The number of benzene rings is 2. The molecule has 8 atom stereocenters. The number of allylic oxidation sites excluding steroid dienone is 2. The summed E-state index contributed by atoms with van der Waals surface area (Å²) in [4.78, 5) is 52.0. The number of carbonyl (C=O) groups is 2. The van der Waals surface area contributed by atoms with E-state index in [2.05, 4.69) is 0 Å². The minimum absolute atomic E-state index is 0.0415. The third-order valence-corrected chi connectivity index (χ3v) is 16.6. The fourth-order valence-electron chi connectivity index (χ4n) is 10.0. The van der Waals surface area contributed by atoms with Crippen LogP contribution in [0.4, 0.5) is 0 Å². The summed E-state index contributed by atoms with van der Waals surface area (Å²) in [6, 6.07) is 16.3. The number of ether oxygens (including phenoxy) is 2. The Morgan fingerprint density at radius 3 is 1.33 bits per heavy atom. The number of methoxy groups -OCH3 is 2. The first-order valence-electron chi connectivity index (χ1n) is 20.8. The van der Waals surface area contributed by atoms with Gasteiger partial charge in [-0.25, -0.2) is 16.8 Å². The number of esters is 2. The van der Waals surface area contributed by atoms with Gasteiger partial charge in [0.2, 0.25) is 20.0 Å². The van der Waals surface area contributed by atoms with E-state index in [4.69, 9.17) is 9.47 Å². The van der Waals surface area contributed by atoms with Crippen LogP contribution in [0.1, 0.15) is 59.6 Å². The van der Waals surface area contributed by atoms with Gasteiger partial charge in [0.15, 0.2) is 0 Å².